The van der Waals surface area contributed by atoms with E-state index in [9.17, 15) is 0 Å². The predicted molar refractivity (Wildman–Crippen MR) is 82.8 cm³/mol. The molecule has 0 radical (unpaired) electrons. The standard InChI is InChI=1S/C14H28S2/c1-5-6-7-8-9-14(3,4)10-11-16-12-13(2)15/h5-12H2,1-4H3. The smallest absolute Gasteiger partial charge is 0.0245 e. The first kappa shape index (κ1) is 16.4. The Balaban J connectivity index is 3.49. The topological polar surface area (TPSA) is 0 Å². The molecule has 0 spiro atoms. The number of thiocarbonyl (C=S) groups is 1. The lowest BCUT2D eigenvalue weighted by Crippen LogP contribution is -2.12. The van der Waals surface area contributed by atoms with E-state index in [4.69, 9.17) is 12.2 Å². The summed E-state index contributed by atoms with van der Waals surface area (Å²) in [6, 6.07) is 0. The van der Waals surface area contributed by atoms with E-state index in [0.29, 0.717) is 5.41 Å². The molecule has 0 aliphatic heterocycles. The molecule has 16 heavy (non-hydrogen) atoms. The van der Waals surface area contributed by atoms with E-state index < -0.39 is 0 Å². The first-order valence-corrected chi connectivity index (χ1v) is 8.11. The third kappa shape index (κ3) is 10.9. The van der Waals surface area contributed by atoms with Crippen molar-refractivity contribution in [3.05, 3.63) is 0 Å². The van der Waals surface area contributed by atoms with Crippen LogP contribution in [0.25, 0.3) is 0 Å². The zero-order valence-corrected chi connectivity index (χ0v) is 13.1. The summed E-state index contributed by atoms with van der Waals surface area (Å²) >= 11 is 7.07. The van der Waals surface area contributed by atoms with Gasteiger partial charge in [0.25, 0.3) is 0 Å². The lowest BCUT2D eigenvalue weighted by atomic mass is 9.84. The molecule has 0 fully saturated rings. The first-order chi connectivity index (χ1) is 7.48. The van der Waals surface area contributed by atoms with E-state index in [1.54, 1.807) is 0 Å². The van der Waals surface area contributed by atoms with Gasteiger partial charge in [-0.2, -0.15) is 11.8 Å². The van der Waals surface area contributed by atoms with Crippen LogP contribution in [-0.2, 0) is 0 Å². The first-order valence-electron chi connectivity index (χ1n) is 6.55. The van der Waals surface area contributed by atoms with E-state index in [0.717, 1.165) is 10.6 Å². The van der Waals surface area contributed by atoms with Crippen LogP contribution in [-0.4, -0.2) is 16.4 Å². The summed E-state index contributed by atoms with van der Waals surface area (Å²) in [5.41, 5.74) is 0.524. The van der Waals surface area contributed by atoms with E-state index >= 15 is 0 Å². The quantitative estimate of drug-likeness (QED) is 0.376. The van der Waals surface area contributed by atoms with Crippen molar-refractivity contribution in [3.8, 4) is 0 Å². The lowest BCUT2D eigenvalue weighted by Gasteiger charge is -2.24. The average Bonchev–Trinajstić information content (AvgIpc) is 2.19. The molecule has 0 rings (SSSR count). The summed E-state index contributed by atoms with van der Waals surface area (Å²) in [6.45, 7) is 9.13. The van der Waals surface area contributed by atoms with Gasteiger partial charge in [0.15, 0.2) is 0 Å². The molecule has 0 aliphatic carbocycles. The minimum Gasteiger partial charge on any atom is -0.157 e. The Bertz CT molecular complexity index is 185. The fourth-order valence-electron chi connectivity index (χ4n) is 1.72. The van der Waals surface area contributed by atoms with Crippen molar-refractivity contribution in [2.45, 2.75) is 66.2 Å². The van der Waals surface area contributed by atoms with Crippen LogP contribution in [0.4, 0.5) is 0 Å². The highest BCUT2D eigenvalue weighted by Crippen LogP contribution is 2.29. The van der Waals surface area contributed by atoms with Crippen molar-refractivity contribution in [1.29, 1.82) is 0 Å². The fraction of sp³-hybridized carbons (Fsp3) is 0.929. The van der Waals surface area contributed by atoms with Gasteiger partial charge in [0, 0.05) is 5.75 Å². The van der Waals surface area contributed by atoms with Crippen LogP contribution in [0.2, 0.25) is 0 Å². The number of unbranched alkanes of at least 4 members (excludes halogenated alkanes) is 3. The predicted octanol–water partition coefficient (Wildman–Crippen LogP) is 5.50. The van der Waals surface area contributed by atoms with Crippen molar-refractivity contribution in [1.82, 2.24) is 0 Å². The highest BCUT2D eigenvalue weighted by atomic mass is 32.2. The molecule has 0 aliphatic rings. The monoisotopic (exact) mass is 260 g/mol. The van der Waals surface area contributed by atoms with Crippen molar-refractivity contribution < 1.29 is 0 Å². The molecular formula is C14H28S2. The second-order valence-corrected chi connectivity index (χ2v) is 7.28. The molecule has 0 unspecified atom stereocenters. The number of hydrogen-bond donors (Lipinski definition) is 0. The normalized spacial score (nSPS) is 11.8. The highest BCUT2D eigenvalue weighted by molar-refractivity contribution is 8.01. The number of rotatable bonds is 10. The molecule has 0 aromatic carbocycles. The van der Waals surface area contributed by atoms with Gasteiger partial charge in [-0.05, 0) is 35.8 Å². The maximum absolute atomic E-state index is 5.08. The van der Waals surface area contributed by atoms with Crippen molar-refractivity contribution >= 4 is 28.8 Å². The van der Waals surface area contributed by atoms with Crippen molar-refractivity contribution in [3.63, 3.8) is 0 Å². The number of hydrogen-bond acceptors (Lipinski definition) is 2. The van der Waals surface area contributed by atoms with Crippen LogP contribution in [0.3, 0.4) is 0 Å². The van der Waals surface area contributed by atoms with E-state index in [2.05, 4.69) is 20.8 Å². The molecule has 0 aromatic rings. The van der Waals surface area contributed by atoms with Gasteiger partial charge in [0.2, 0.25) is 0 Å². The molecule has 0 bridgehead atoms. The molecule has 0 saturated carbocycles. The van der Waals surface area contributed by atoms with Crippen LogP contribution >= 0.6 is 24.0 Å². The second kappa shape index (κ2) is 9.47. The Labute approximate surface area is 112 Å². The van der Waals surface area contributed by atoms with E-state index in [1.165, 1.54) is 44.3 Å². The Kier molecular flexibility index (Phi) is 9.73. The number of thioether (sulfide) groups is 1. The third-order valence-corrected chi connectivity index (χ3v) is 4.39. The van der Waals surface area contributed by atoms with Gasteiger partial charge in [-0.25, -0.2) is 0 Å². The molecule has 2 heteroatoms. The Morgan fingerprint density at radius 3 is 2.38 bits per heavy atom. The summed E-state index contributed by atoms with van der Waals surface area (Å²) in [7, 11) is 0. The van der Waals surface area contributed by atoms with Crippen LogP contribution in [0, 0.1) is 5.41 Å². The van der Waals surface area contributed by atoms with Gasteiger partial charge >= 0.3 is 0 Å². The van der Waals surface area contributed by atoms with E-state index in [-0.39, 0.29) is 0 Å². The van der Waals surface area contributed by atoms with Gasteiger partial charge in [0.05, 0.1) is 0 Å². The average molecular weight is 261 g/mol. The molecule has 0 aromatic heterocycles. The summed E-state index contributed by atoms with van der Waals surface area (Å²) in [5.74, 6) is 2.32. The lowest BCUT2D eigenvalue weighted by molar-refractivity contribution is 0.310. The summed E-state index contributed by atoms with van der Waals surface area (Å²) < 4.78 is 0. The van der Waals surface area contributed by atoms with Crippen LogP contribution in [0.1, 0.15) is 66.2 Å². The Morgan fingerprint density at radius 1 is 1.12 bits per heavy atom. The minimum absolute atomic E-state index is 0.524. The molecule has 0 nitrogen and oxygen atoms in total. The van der Waals surface area contributed by atoms with Crippen LogP contribution in [0.5, 0.6) is 0 Å². The Morgan fingerprint density at radius 2 is 1.81 bits per heavy atom. The van der Waals surface area contributed by atoms with Gasteiger partial charge in [0.1, 0.15) is 0 Å². The molecule has 0 heterocycles. The molecule has 0 amide bonds. The van der Waals surface area contributed by atoms with Gasteiger partial charge in [-0.15, -0.1) is 0 Å². The van der Waals surface area contributed by atoms with Gasteiger partial charge in [-0.3, -0.25) is 0 Å². The minimum atomic E-state index is 0.524. The van der Waals surface area contributed by atoms with Crippen molar-refractivity contribution in [2.75, 3.05) is 11.5 Å². The Hall–Kier alpha value is 0.440. The van der Waals surface area contributed by atoms with E-state index in [1.807, 2.05) is 18.7 Å². The largest absolute Gasteiger partial charge is 0.157 e. The zero-order chi connectivity index (χ0) is 12.4. The summed E-state index contributed by atoms with van der Waals surface area (Å²) in [6.07, 6.45) is 8.25. The van der Waals surface area contributed by atoms with Gasteiger partial charge < -0.3 is 0 Å². The van der Waals surface area contributed by atoms with Crippen molar-refractivity contribution in [2.24, 2.45) is 5.41 Å². The molecule has 96 valence electrons. The van der Waals surface area contributed by atoms with Gasteiger partial charge in [-0.1, -0.05) is 58.7 Å². The molecular weight excluding hydrogens is 232 g/mol. The molecule has 0 atom stereocenters. The summed E-state index contributed by atoms with van der Waals surface area (Å²) in [5, 5.41) is 0. The fourth-order valence-corrected chi connectivity index (χ4v) is 3.10. The zero-order valence-electron chi connectivity index (χ0n) is 11.5. The SMILES string of the molecule is CCCCCCC(C)(C)CCSCC(C)=S. The van der Waals surface area contributed by atoms with Crippen LogP contribution < -0.4 is 0 Å². The second-order valence-electron chi connectivity index (χ2n) is 5.48. The molecule has 0 saturated heterocycles. The maximum atomic E-state index is 5.08. The van der Waals surface area contributed by atoms with Crippen LogP contribution in [0.15, 0.2) is 0 Å². The maximum Gasteiger partial charge on any atom is 0.0245 e. The third-order valence-electron chi connectivity index (χ3n) is 2.94. The molecule has 0 N–H and O–H groups in total. The summed E-state index contributed by atoms with van der Waals surface area (Å²) in [4.78, 5) is 1.13. The highest BCUT2D eigenvalue weighted by Gasteiger charge is 2.16.